The number of hydrogen-bond acceptors (Lipinski definition) is 2. The first-order chi connectivity index (χ1) is 9.19. The average Bonchev–Trinajstić information content (AvgIpc) is 2.45. The molecule has 3 heteroatoms. The van der Waals surface area contributed by atoms with E-state index in [4.69, 9.17) is 11.8 Å². The number of benzene rings is 1. The lowest BCUT2D eigenvalue weighted by Crippen LogP contribution is -2.08. The van der Waals surface area contributed by atoms with E-state index in [0.717, 1.165) is 25.0 Å². The highest BCUT2D eigenvalue weighted by atomic mass is 35.5. The largest absolute Gasteiger partial charge is 0.295 e. The summed E-state index contributed by atoms with van der Waals surface area (Å²) in [7, 11) is 0. The second kappa shape index (κ2) is 6.48. The highest BCUT2D eigenvalue weighted by Crippen LogP contribution is 2.21. The molecule has 1 aliphatic rings. The number of aryl methyl sites for hydroxylation is 1. The van der Waals surface area contributed by atoms with Gasteiger partial charge in [-0.05, 0) is 31.4 Å². The van der Waals surface area contributed by atoms with E-state index in [-0.39, 0.29) is 5.78 Å². The molecule has 0 bridgehead atoms. The second-order valence-electron chi connectivity index (χ2n) is 4.70. The Bertz CT molecular complexity index is 555. The van der Waals surface area contributed by atoms with Crippen LogP contribution in [-0.2, 0) is 11.2 Å². The molecular weight excluding hydrogens is 258 g/mol. The second-order valence-corrected chi connectivity index (χ2v) is 4.87. The molecule has 1 aromatic carbocycles. The Hall–Kier alpha value is -1.67. The van der Waals surface area contributed by atoms with Gasteiger partial charge in [-0.1, -0.05) is 42.0 Å². The van der Waals surface area contributed by atoms with Crippen LogP contribution in [0.3, 0.4) is 0 Å². The average molecular weight is 274 g/mol. The predicted octanol–water partition coefficient (Wildman–Crippen LogP) is 4.06. The van der Waals surface area contributed by atoms with Gasteiger partial charge in [-0.25, -0.2) is 0 Å². The number of nitrogens with zero attached hydrogens (tertiary/aromatic N) is 1. The summed E-state index contributed by atoms with van der Waals surface area (Å²) < 4.78 is 3.70. The highest BCUT2D eigenvalue weighted by molar-refractivity contribution is 6.23. The summed E-state index contributed by atoms with van der Waals surface area (Å²) in [6, 6.07) is 10.3. The minimum Gasteiger partial charge on any atom is -0.295 e. The van der Waals surface area contributed by atoms with Crippen molar-refractivity contribution in [1.82, 2.24) is 0 Å². The van der Waals surface area contributed by atoms with Crippen LogP contribution in [0.15, 0.2) is 58.1 Å². The van der Waals surface area contributed by atoms with Gasteiger partial charge in [0.15, 0.2) is 5.78 Å². The van der Waals surface area contributed by atoms with E-state index in [2.05, 4.69) is 16.6 Å². The van der Waals surface area contributed by atoms with Crippen LogP contribution in [0.5, 0.6) is 0 Å². The molecule has 0 radical (unpaired) electrons. The third-order valence-electron chi connectivity index (χ3n) is 3.18. The van der Waals surface area contributed by atoms with Crippen LogP contribution >= 0.6 is 11.8 Å². The van der Waals surface area contributed by atoms with Gasteiger partial charge in [-0.15, -0.1) is 0 Å². The third kappa shape index (κ3) is 3.90. The first-order valence-corrected chi connectivity index (χ1v) is 6.66. The Morgan fingerprint density at radius 1 is 1.21 bits per heavy atom. The van der Waals surface area contributed by atoms with E-state index >= 15 is 0 Å². The summed E-state index contributed by atoms with van der Waals surface area (Å²) in [5.41, 5.74) is 3.95. The maximum absolute atomic E-state index is 11.5. The zero-order valence-corrected chi connectivity index (χ0v) is 11.7. The number of carbonyl (C=O) groups is 1. The van der Waals surface area contributed by atoms with Gasteiger partial charge < -0.3 is 0 Å². The summed E-state index contributed by atoms with van der Waals surface area (Å²) in [6.07, 6.45) is 6.35. The molecule has 19 heavy (non-hydrogen) atoms. The first kappa shape index (κ1) is 13.8. The fourth-order valence-corrected chi connectivity index (χ4v) is 2.25. The number of allylic oxidation sites excluding steroid dienone is 4. The predicted molar refractivity (Wildman–Crippen MR) is 79.5 cm³/mol. The summed E-state index contributed by atoms with van der Waals surface area (Å²) in [5, 5.41) is 0. The molecule has 0 amide bonds. The van der Waals surface area contributed by atoms with E-state index in [1.54, 1.807) is 13.0 Å². The van der Waals surface area contributed by atoms with Crippen LogP contribution in [0, 0.1) is 0 Å². The molecule has 0 heterocycles. The van der Waals surface area contributed by atoms with Gasteiger partial charge in [0, 0.05) is 23.8 Å². The van der Waals surface area contributed by atoms with Crippen LogP contribution in [0.1, 0.15) is 25.3 Å². The number of carbonyl (C=O) groups excluding carboxylic acids is 1. The van der Waals surface area contributed by atoms with E-state index in [0.29, 0.717) is 5.57 Å². The van der Waals surface area contributed by atoms with Gasteiger partial charge in [0.2, 0.25) is 0 Å². The van der Waals surface area contributed by atoms with Crippen molar-refractivity contribution >= 4 is 23.3 Å². The Morgan fingerprint density at radius 2 is 1.95 bits per heavy atom. The van der Waals surface area contributed by atoms with Crippen LogP contribution in [0.25, 0.3) is 0 Å². The van der Waals surface area contributed by atoms with Gasteiger partial charge in [0.25, 0.3) is 0 Å². The number of rotatable bonds is 4. The summed E-state index contributed by atoms with van der Waals surface area (Å²) in [5.74, 6) is 0.0507. The van der Waals surface area contributed by atoms with Crippen molar-refractivity contribution < 1.29 is 4.79 Å². The minimum atomic E-state index is 0.0507. The van der Waals surface area contributed by atoms with Crippen molar-refractivity contribution in [2.24, 2.45) is 4.51 Å². The molecular formula is C16H16ClNO. The molecule has 0 aliphatic heterocycles. The van der Waals surface area contributed by atoms with Gasteiger partial charge in [0.1, 0.15) is 0 Å². The maximum atomic E-state index is 11.5. The fourth-order valence-electron chi connectivity index (χ4n) is 2.14. The van der Waals surface area contributed by atoms with Crippen molar-refractivity contribution in [3.05, 3.63) is 59.2 Å². The van der Waals surface area contributed by atoms with Crippen molar-refractivity contribution in [2.45, 2.75) is 26.2 Å². The molecule has 0 atom stereocenters. The molecule has 0 fully saturated rings. The lowest BCUT2D eigenvalue weighted by molar-refractivity contribution is -0.113. The van der Waals surface area contributed by atoms with Crippen molar-refractivity contribution in [3.8, 4) is 0 Å². The molecule has 98 valence electrons. The van der Waals surface area contributed by atoms with Crippen LogP contribution in [0.4, 0.5) is 0 Å². The topological polar surface area (TPSA) is 29.4 Å². The van der Waals surface area contributed by atoms with Gasteiger partial charge in [0.05, 0.1) is 5.71 Å². The van der Waals surface area contributed by atoms with Crippen LogP contribution in [0.2, 0.25) is 0 Å². The molecule has 0 spiro atoms. The maximum Gasteiger partial charge on any atom is 0.159 e. The lowest BCUT2D eigenvalue weighted by atomic mass is 9.92. The van der Waals surface area contributed by atoms with Crippen molar-refractivity contribution in [3.63, 3.8) is 0 Å². The Balaban J connectivity index is 2.08. The number of halogens is 1. The van der Waals surface area contributed by atoms with Crippen LogP contribution in [-0.4, -0.2) is 11.5 Å². The molecule has 0 aromatic heterocycles. The van der Waals surface area contributed by atoms with Gasteiger partial charge in [-0.2, -0.15) is 4.51 Å². The monoisotopic (exact) mass is 273 g/mol. The lowest BCUT2D eigenvalue weighted by Gasteiger charge is -2.13. The van der Waals surface area contributed by atoms with E-state index in [1.165, 1.54) is 11.1 Å². The summed E-state index contributed by atoms with van der Waals surface area (Å²) >= 11 is 5.54. The standard InChI is InChI=1S/C16H16ClNO/c1-12(19)15-9-14(10-16(11-15)18-17)8-7-13-5-3-2-4-6-13/h2-6,9,11H,7-8,10H2,1H3. The van der Waals surface area contributed by atoms with Crippen molar-refractivity contribution in [1.29, 1.82) is 0 Å². The SMILES string of the molecule is CC(=O)C1=CC(=NCl)CC(CCc2ccccc2)=C1. The van der Waals surface area contributed by atoms with E-state index in [9.17, 15) is 4.79 Å². The highest BCUT2D eigenvalue weighted by Gasteiger charge is 2.13. The molecule has 0 saturated heterocycles. The quantitative estimate of drug-likeness (QED) is 0.813. The molecule has 0 saturated carbocycles. The number of hydrogen-bond donors (Lipinski definition) is 0. The molecule has 1 aliphatic carbocycles. The molecule has 1 aromatic rings. The van der Waals surface area contributed by atoms with Gasteiger partial charge in [-0.3, -0.25) is 4.79 Å². The molecule has 0 N–H and O–H groups in total. The minimum absolute atomic E-state index is 0.0507. The normalized spacial score (nSPS) is 17.1. The van der Waals surface area contributed by atoms with E-state index in [1.807, 2.05) is 24.3 Å². The first-order valence-electron chi connectivity index (χ1n) is 6.33. The number of ketones is 1. The fraction of sp³-hybridized carbons (Fsp3) is 0.250. The molecule has 2 rings (SSSR count). The molecule has 2 nitrogen and oxygen atoms in total. The Morgan fingerprint density at radius 3 is 2.58 bits per heavy atom. The van der Waals surface area contributed by atoms with E-state index < -0.39 is 0 Å². The zero-order valence-electron chi connectivity index (χ0n) is 10.9. The third-order valence-corrected chi connectivity index (χ3v) is 3.40. The Kier molecular flexibility index (Phi) is 4.69. The Labute approximate surface area is 118 Å². The smallest absolute Gasteiger partial charge is 0.159 e. The number of Topliss-reactive ketones (excluding diaryl/α,β-unsaturated/α-hetero) is 1. The van der Waals surface area contributed by atoms with Crippen molar-refractivity contribution in [2.75, 3.05) is 0 Å². The molecule has 0 unspecified atom stereocenters. The summed E-state index contributed by atoms with van der Waals surface area (Å²) in [4.78, 5) is 11.5. The van der Waals surface area contributed by atoms with Gasteiger partial charge >= 0.3 is 0 Å². The summed E-state index contributed by atoms with van der Waals surface area (Å²) in [6.45, 7) is 1.56. The van der Waals surface area contributed by atoms with Crippen LogP contribution < -0.4 is 0 Å². The zero-order chi connectivity index (χ0) is 13.7.